The average molecular weight is 418 g/mol. The van der Waals surface area contributed by atoms with E-state index in [-0.39, 0.29) is 12.4 Å². The highest BCUT2D eigenvalue weighted by atomic mass is 35.5. The molecule has 0 spiro atoms. The molecular weight excluding hydrogens is 382 g/mol. The van der Waals surface area contributed by atoms with Crippen LogP contribution in [0.4, 0.5) is 0 Å². The van der Waals surface area contributed by atoms with Crippen molar-refractivity contribution >= 4 is 12.4 Å². The van der Waals surface area contributed by atoms with E-state index < -0.39 is 0 Å². The molecular formula is C25H36ClNO2. The molecule has 0 amide bonds. The second-order valence-electron chi connectivity index (χ2n) is 7.76. The highest BCUT2D eigenvalue weighted by molar-refractivity contribution is 5.85. The van der Waals surface area contributed by atoms with Gasteiger partial charge in [-0.3, -0.25) is 0 Å². The molecule has 1 atom stereocenters. The Morgan fingerprint density at radius 1 is 0.966 bits per heavy atom. The Labute approximate surface area is 182 Å². The second kappa shape index (κ2) is 12.8. The standard InChI is InChI=1S/C25H35NO2.ClH/c1-3-4-5-6-7-11-16-28-25-19-22-21(18-24(25)27-2)14-15-26-23(22)17-20-12-9-8-10-13-20;/h8-10,12-13,18-19,23,26H,3-7,11,14-17H2,1-2H3;1H. The van der Waals surface area contributed by atoms with Gasteiger partial charge in [-0.2, -0.15) is 0 Å². The molecule has 3 rings (SSSR count). The topological polar surface area (TPSA) is 30.5 Å². The molecule has 0 radical (unpaired) electrons. The Morgan fingerprint density at radius 2 is 1.72 bits per heavy atom. The Hall–Kier alpha value is -1.71. The van der Waals surface area contributed by atoms with Gasteiger partial charge in [-0.1, -0.05) is 69.4 Å². The lowest BCUT2D eigenvalue weighted by atomic mass is 9.90. The van der Waals surface area contributed by atoms with Crippen LogP contribution < -0.4 is 14.8 Å². The number of hydrogen-bond acceptors (Lipinski definition) is 3. The summed E-state index contributed by atoms with van der Waals surface area (Å²) in [6.07, 6.45) is 9.66. The predicted molar refractivity (Wildman–Crippen MR) is 124 cm³/mol. The maximum absolute atomic E-state index is 6.15. The van der Waals surface area contributed by atoms with Crippen LogP contribution in [-0.2, 0) is 12.8 Å². The maximum Gasteiger partial charge on any atom is 0.161 e. The van der Waals surface area contributed by atoms with E-state index in [2.05, 4.69) is 54.7 Å². The SMILES string of the molecule is CCCCCCCCOc1cc2c(cc1OC)CCNC2Cc1ccccc1.Cl. The summed E-state index contributed by atoms with van der Waals surface area (Å²) in [6, 6.07) is 15.4. The number of halogens is 1. The Balaban J connectivity index is 0.00000300. The van der Waals surface area contributed by atoms with Crippen molar-refractivity contribution in [3.8, 4) is 11.5 Å². The monoisotopic (exact) mass is 417 g/mol. The van der Waals surface area contributed by atoms with Gasteiger partial charge in [0.15, 0.2) is 11.5 Å². The lowest BCUT2D eigenvalue weighted by Gasteiger charge is -2.28. The van der Waals surface area contributed by atoms with E-state index in [0.717, 1.165) is 43.9 Å². The first-order chi connectivity index (χ1) is 13.8. The predicted octanol–water partition coefficient (Wildman–Crippen LogP) is 6.29. The van der Waals surface area contributed by atoms with Crippen LogP contribution >= 0.6 is 12.4 Å². The quantitative estimate of drug-likeness (QED) is 0.436. The normalized spacial score (nSPS) is 15.3. The first-order valence-electron chi connectivity index (χ1n) is 10.9. The molecule has 160 valence electrons. The highest BCUT2D eigenvalue weighted by Gasteiger charge is 2.23. The number of methoxy groups -OCH3 is 1. The van der Waals surface area contributed by atoms with Crippen molar-refractivity contribution in [2.24, 2.45) is 0 Å². The largest absolute Gasteiger partial charge is 0.493 e. The Kier molecular flexibility index (Phi) is 10.4. The summed E-state index contributed by atoms with van der Waals surface area (Å²) in [5.41, 5.74) is 4.09. The van der Waals surface area contributed by atoms with E-state index in [4.69, 9.17) is 9.47 Å². The molecule has 4 heteroatoms. The third-order valence-corrected chi connectivity index (χ3v) is 5.62. The zero-order chi connectivity index (χ0) is 19.6. The zero-order valence-corrected chi connectivity index (χ0v) is 18.7. The van der Waals surface area contributed by atoms with Gasteiger partial charge in [-0.05, 0) is 54.6 Å². The minimum absolute atomic E-state index is 0. The molecule has 1 N–H and O–H groups in total. The smallest absolute Gasteiger partial charge is 0.161 e. The van der Waals surface area contributed by atoms with Crippen LogP contribution in [0.15, 0.2) is 42.5 Å². The summed E-state index contributed by atoms with van der Waals surface area (Å²) < 4.78 is 11.8. The summed E-state index contributed by atoms with van der Waals surface area (Å²) >= 11 is 0. The van der Waals surface area contributed by atoms with E-state index in [0.29, 0.717) is 6.04 Å². The number of fused-ring (bicyclic) bond motifs is 1. The van der Waals surface area contributed by atoms with E-state index in [1.807, 2.05) is 0 Å². The average Bonchev–Trinajstić information content (AvgIpc) is 2.73. The fraction of sp³-hybridized carbons (Fsp3) is 0.520. The van der Waals surface area contributed by atoms with E-state index in [1.54, 1.807) is 7.11 Å². The second-order valence-corrected chi connectivity index (χ2v) is 7.76. The van der Waals surface area contributed by atoms with Crippen LogP contribution in [0, 0.1) is 0 Å². The zero-order valence-electron chi connectivity index (χ0n) is 17.9. The molecule has 0 saturated carbocycles. The van der Waals surface area contributed by atoms with Gasteiger partial charge in [0.2, 0.25) is 0 Å². The number of ether oxygens (including phenoxy) is 2. The van der Waals surface area contributed by atoms with Gasteiger partial charge in [-0.25, -0.2) is 0 Å². The molecule has 0 aromatic heterocycles. The van der Waals surface area contributed by atoms with E-state index in [9.17, 15) is 0 Å². The molecule has 2 aromatic rings. The molecule has 0 fully saturated rings. The van der Waals surface area contributed by atoms with Crippen LogP contribution in [0.5, 0.6) is 11.5 Å². The van der Waals surface area contributed by atoms with Crippen LogP contribution in [0.1, 0.15) is 68.2 Å². The minimum atomic E-state index is 0. The van der Waals surface area contributed by atoms with Gasteiger partial charge in [0.1, 0.15) is 0 Å². The molecule has 1 aliphatic rings. The Bertz CT molecular complexity index is 720. The summed E-state index contributed by atoms with van der Waals surface area (Å²) in [7, 11) is 1.74. The molecule has 3 nitrogen and oxygen atoms in total. The molecule has 2 aromatic carbocycles. The van der Waals surface area contributed by atoms with Crippen molar-refractivity contribution in [1.29, 1.82) is 0 Å². The van der Waals surface area contributed by atoms with Gasteiger partial charge in [0.05, 0.1) is 13.7 Å². The number of unbranched alkanes of at least 4 members (excludes halogenated alkanes) is 5. The summed E-state index contributed by atoms with van der Waals surface area (Å²) in [5, 5.41) is 3.69. The summed E-state index contributed by atoms with van der Waals surface area (Å²) in [6.45, 7) is 4.02. The minimum Gasteiger partial charge on any atom is -0.493 e. The van der Waals surface area contributed by atoms with Crippen molar-refractivity contribution in [3.63, 3.8) is 0 Å². The van der Waals surface area contributed by atoms with Crippen molar-refractivity contribution in [2.75, 3.05) is 20.3 Å². The van der Waals surface area contributed by atoms with Gasteiger partial charge in [0.25, 0.3) is 0 Å². The molecule has 1 aliphatic heterocycles. The first-order valence-corrected chi connectivity index (χ1v) is 10.9. The maximum atomic E-state index is 6.15. The molecule has 1 unspecified atom stereocenters. The van der Waals surface area contributed by atoms with Crippen LogP contribution in [0.25, 0.3) is 0 Å². The molecule has 0 bridgehead atoms. The van der Waals surface area contributed by atoms with Crippen molar-refractivity contribution in [2.45, 2.75) is 64.3 Å². The number of rotatable bonds is 11. The van der Waals surface area contributed by atoms with Crippen molar-refractivity contribution < 1.29 is 9.47 Å². The highest BCUT2D eigenvalue weighted by Crippen LogP contribution is 2.36. The van der Waals surface area contributed by atoms with Gasteiger partial charge in [-0.15, -0.1) is 12.4 Å². The van der Waals surface area contributed by atoms with E-state index >= 15 is 0 Å². The lowest BCUT2D eigenvalue weighted by Crippen LogP contribution is -2.31. The molecule has 0 aliphatic carbocycles. The third kappa shape index (κ3) is 6.94. The molecule has 29 heavy (non-hydrogen) atoms. The van der Waals surface area contributed by atoms with Crippen LogP contribution in [0.3, 0.4) is 0 Å². The first kappa shape index (κ1) is 23.6. The van der Waals surface area contributed by atoms with Gasteiger partial charge >= 0.3 is 0 Å². The Morgan fingerprint density at radius 3 is 2.48 bits per heavy atom. The number of nitrogens with one attached hydrogen (secondary N) is 1. The summed E-state index contributed by atoms with van der Waals surface area (Å²) in [5.74, 6) is 1.75. The number of benzene rings is 2. The lowest BCUT2D eigenvalue weighted by molar-refractivity contribution is 0.283. The number of hydrogen-bond donors (Lipinski definition) is 1. The van der Waals surface area contributed by atoms with Crippen molar-refractivity contribution in [3.05, 3.63) is 59.2 Å². The third-order valence-electron chi connectivity index (χ3n) is 5.62. The van der Waals surface area contributed by atoms with E-state index in [1.165, 1.54) is 48.8 Å². The van der Waals surface area contributed by atoms with Gasteiger partial charge in [0, 0.05) is 6.04 Å². The molecule has 0 saturated heterocycles. The van der Waals surface area contributed by atoms with Crippen LogP contribution in [-0.4, -0.2) is 20.3 Å². The van der Waals surface area contributed by atoms with Gasteiger partial charge < -0.3 is 14.8 Å². The molecule has 1 heterocycles. The van der Waals surface area contributed by atoms with Crippen molar-refractivity contribution in [1.82, 2.24) is 5.32 Å². The summed E-state index contributed by atoms with van der Waals surface area (Å²) in [4.78, 5) is 0. The fourth-order valence-corrected chi connectivity index (χ4v) is 4.02. The fourth-order valence-electron chi connectivity index (χ4n) is 4.02. The van der Waals surface area contributed by atoms with Crippen LogP contribution in [0.2, 0.25) is 0 Å².